The van der Waals surface area contributed by atoms with E-state index in [2.05, 4.69) is 34.1 Å². The lowest BCUT2D eigenvalue weighted by Gasteiger charge is -2.43. The Bertz CT molecular complexity index is 581. The summed E-state index contributed by atoms with van der Waals surface area (Å²) in [5, 5.41) is 8.02. The van der Waals surface area contributed by atoms with Crippen molar-refractivity contribution in [2.24, 2.45) is 13.0 Å². The molecule has 1 aromatic heterocycles. The van der Waals surface area contributed by atoms with Gasteiger partial charge in [-0.05, 0) is 31.6 Å². The molecule has 146 valence electrons. The van der Waals surface area contributed by atoms with Crippen molar-refractivity contribution < 1.29 is 4.79 Å². The lowest BCUT2D eigenvalue weighted by molar-refractivity contribution is -0.136. The lowest BCUT2D eigenvalue weighted by Crippen LogP contribution is -2.59. The number of rotatable bonds is 7. The zero-order valence-corrected chi connectivity index (χ0v) is 16.7. The summed E-state index contributed by atoms with van der Waals surface area (Å²) in [7, 11) is 1.92. The molecular weight excluding hydrogens is 326 g/mol. The highest BCUT2D eigenvalue weighted by Crippen LogP contribution is 2.30. The molecule has 0 bridgehead atoms. The standard InChI is InChI=1S/C20H35N5O/c1-4-17(5-2)16-24-14-9-20(10-15-24,19(26)25-11-6-7-12-25)21-18-8-13-23(3)22-18/h8,13,17H,4-7,9-12,14-16H2,1-3H3,(H,21,22). The molecule has 0 unspecified atom stereocenters. The highest BCUT2D eigenvalue weighted by Gasteiger charge is 2.44. The predicted molar refractivity (Wildman–Crippen MR) is 105 cm³/mol. The molecule has 1 N–H and O–H groups in total. The van der Waals surface area contributed by atoms with Gasteiger partial charge in [-0.25, -0.2) is 0 Å². The molecule has 0 atom stereocenters. The van der Waals surface area contributed by atoms with Crippen molar-refractivity contribution in [3.8, 4) is 0 Å². The molecule has 0 radical (unpaired) electrons. The van der Waals surface area contributed by atoms with Gasteiger partial charge in [0.05, 0.1) is 0 Å². The summed E-state index contributed by atoms with van der Waals surface area (Å²) < 4.78 is 1.79. The van der Waals surface area contributed by atoms with E-state index in [-0.39, 0.29) is 5.91 Å². The molecule has 0 spiro atoms. The average molecular weight is 362 g/mol. The second kappa shape index (κ2) is 8.42. The summed E-state index contributed by atoms with van der Waals surface area (Å²) >= 11 is 0. The summed E-state index contributed by atoms with van der Waals surface area (Å²) in [5.41, 5.74) is -0.497. The largest absolute Gasteiger partial charge is 0.354 e. The third-order valence-electron chi connectivity index (χ3n) is 6.26. The van der Waals surface area contributed by atoms with Crippen LogP contribution in [0.5, 0.6) is 0 Å². The molecule has 3 heterocycles. The van der Waals surface area contributed by atoms with E-state index in [1.165, 1.54) is 12.8 Å². The second-order valence-electron chi connectivity index (χ2n) is 8.06. The van der Waals surface area contributed by atoms with E-state index >= 15 is 0 Å². The van der Waals surface area contributed by atoms with E-state index in [1.54, 1.807) is 4.68 Å². The third-order valence-corrected chi connectivity index (χ3v) is 6.26. The van der Waals surface area contributed by atoms with Crippen LogP contribution in [0.2, 0.25) is 0 Å². The zero-order valence-electron chi connectivity index (χ0n) is 16.7. The molecule has 2 aliphatic rings. The fraction of sp³-hybridized carbons (Fsp3) is 0.800. The maximum Gasteiger partial charge on any atom is 0.248 e. The van der Waals surface area contributed by atoms with Crippen molar-refractivity contribution in [2.45, 2.75) is 57.9 Å². The Labute approximate surface area is 157 Å². The molecule has 0 aromatic carbocycles. The molecule has 1 amide bonds. The van der Waals surface area contributed by atoms with Gasteiger partial charge in [-0.1, -0.05) is 26.7 Å². The normalized spacial score (nSPS) is 20.7. The Morgan fingerprint density at radius 3 is 2.38 bits per heavy atom. The van der Waals surface area contributed by atoms with Crippen LogP contribution in [-0.2, 0) is 11.8 Å². The van der Waals surface area contributed by atoms with Crippen molar-refractivity contribution in [1.82, 2.24) is 19.6 Å². The third kappa shape index (κ3) is 4.22. The van der Waals surface area contributed by atoms with Crippen molar-refractivity contribution in [1.29, 1.82) is 0 Å². The monoisotopic (exact) mass is 361 g/mol. The van der Waals surface area contributed by atoms with Gasteiger partial charge in [0.15, 0.2) is 0 Å². The minimum atomic E-state index is -0.497. The van der Waals surface area contributed by atoms with Crippen LogP contribution in [0.4, 0.5) is 5.82 Å². The van der Waals surface area contributed by atoms with Gasteiger partial charge >= 0.3 is 0 Å². The Hall–Kier alpha value is -1.56. The van der Waals surface area contributed by atoms with Gasteiger partial charge in [0, 0.05) is 52.0 Å². The van der Waals surface area contributed by atoms with E-state index in [1.807, 2.05) is 19.3 Å². The number of nitrogens with one attached hydrogen (secondary N) is 1. The number of hydrogen-bond donors (Lipinski definition) is 1. The number of amides is 1. The number of nitrogens with zero attached hydrogens (tertiary/aromatic N) is 4. The van der Waals surface area contributed by atoms with Gasteiger partial charge in [-0.15, -0.1) is 0 Å². The predicted octanol–water partition coefficient (Wildman–Crippen LogP) is 2.73. The molecule has 3 rings (SSSR count). The van der Waals surface area contributed by atoms with Crippen LogP contribution in [-0.4, -0.2) is 63.8 Å². The first-order chi connectivity index (χ1) is 12.6. The summed E-state index contributed by atoms with van der Waals surface area (Å²) in [6, 6.07) is 1.97. The number of anilines is 1. The highest BCUT2D eigenvalue weighted by molar-refractivity contribution is 5.89. The van der Waals surface area contributed by atoms with Crippen molar-refractivity contribution in [2.75, 3.05) is 38.0 Å². The SMILES string of the molecule is CCC(CC)CN1CCC(Nc2ccn(C)n2)(C(=O)N2CCCC2)CC1. The Morgan fingerprint density at radius 1 is 1.19 bits per heavy atom. The number of carbonyl (C=O) groups excluding carboxylic acids is 1. The molecule has 6 nitrogen and oxygen atoms in total. The van der Waals surface area contributed by atoms with Crippen LogP contribution in [0.25, 0.3) is 0 Å². The molecule has 0 saturated carbocycles. The first kappa shape index (κ1) is 19.2. The quantitative estimate of drug-likeness (QED) is 0.811. The van der Waals surface area contributed by atoms with Gasteiger partial charge < -0.3 is 15.1 Å². The fourth-order valence-electron chi connectivity index (χ4n) is 4.37. The molecule has 0 aliphatic carbocycles. The molecule has 2 saturated heterocycles. The summed E-state index contributed by atoms with van der Waals surface area (Å²) in [6.45, 7) is 9.49. The first-order valence-corrected chi connectivity index (χ1v) is 10.4. The van der Waals surface area contributed by atoms with Gasteiger partial charge in [0.2, 0.25) is 5.91 Å². The van der Waals surface area contributed by atoms with Crippen LogP contribution in [0, 0.1) is 5.92 Å². The molecule has 1 aromatic rings. The van der Waals surface area contributed by atoms with Crippen molar-refractivity contribution >= 4 is 11.7 Å². The van der Waals surface area contributed by atoms with Crippen LogP contribution >= 0.6 is 0 Å². The summed E-state index contributed by atoms with van der Waals surface area (Å²) in [5.74, 6) is 1.86. The average Bonchev–Trinajstić information content (AvgIpc) is 3.32. The maximum atomic E-state index is 13.4. The number of hydrogen-bond acceptors (Lipinski definition) is 4. The minimum absolute atomic E-state index is 0.280. The highest BCUT2D eigenvalue weighted by atomic mass is 16.2. The lowest BCUT2D eigenvalue weighted by atomic mass is 9.85. The van der Waals surface area contributed by atoms with Gasteiger partial charge in [-0.2, -0.15) is 5.10 Å². The number of piperidine rings is 1. The van der Waals surface area contributed by atoms with E-state index in [0.717, 1.165) is 70.1 Å². The van der Waals surface area contributed by atoms with E-state index in [0.29, 0.717) is 0 Å². The molecule has 2 fully saturated rings. The smallest absolute Gasteiger partial charge is 0.248 e. The van der Waals surface area contributed by atoms with Gasteiger partial charge in [0.1, 0.15) is 11.4 Å². The van der Waals surface area contributed by atoms with Crippen LogP contribution in [0.1, 0.15) is 52.4 Å². The number of aromatic nitrogens is 2. The van der Waals surface area contributed by atoms with Gasteiger partial charge in [0.25, 0.3) is 0 Å². The number of carbonyl (C=O) groups is 1. The van der Waals surface area contributed by atoms with Crippen molar-refractivity contribution in [3.05, 3.63) is 12.3 Å². The molecule has 26 heavy (non-hydrogen) atoms. The zero-order chi connectivity index (χ0) is 18.6. The van der Waals surface area contributed by atoms with Crippen molar-refractivity contribution in [3.63, 3.8) is 0 Å². The topological polar surface area (TPSA) is 53.4 Å². The number of aryl methyl sites for hydroxylation is 1. The van der Waals surface area contributed by atoms with E-state index in [4.69, 9.17) is 0 Å². The maximum absolute atomic E-state index is 13.4. The second-order valence-corrected chi connectivity index (χ2v) is 8.06. The van der Waals surface area contributed by atoms with E-state index < -0.39 is 5.54 Å². The summed E-state index contributed by atoms with van der Waals surface area (Å²) in [4.78, 5) is 18.0. The molecular formula is C20H35N5O. The fourth-order valence-corrected chi connectivity index (χ4v) is 4.37. The van der Waals surface area contributed by atoms with Crippen LogP contribution in [0.15, 0.2) is 12.3 Å². The van der Waals surface area contributed by atoms with Crippen LogP contribution < -0.4 is 5.32 Å². The Balaban J connectivity index is 1.71. The minimum Gasteiger partial charge on any atom is -0.354 e. The molecule has 2 aliphatic heterocycles. The Morgan fingerprint density at radius 2 is 1.85 bits per heavy atom. The summed E-state index contributed by atoms with van der Waals surface area (Å²) in [6.07, 6.45) is 8.38. The molecule has 6 heteroatoms. The number of likely N-dealkylation sites (tertiary alicyclic amines) is 2. The van der Waals surface area contributed by atoms with Gasteiger partial charge in [-0.3, -0.25) is 9.48 Å². The van der Waals surface area contributed by atoms with E-state index in [9.17, 15) is 4.79 Å². The first-order valence-electron chi connectivity index (χ1n) is 10.4. The van der Waals surface area contributed by atoms with Crippen LogP contribution in [0.3, 0.4) is 0 Å². The Kier molecular flexibility index (Phi) is 6.22.